The lowest BCUT2D eigenvalue weighted by Crippen LogP contribution is -2.55. The molecule has 1 aliphatic heterocycles. The van der Waals surface area contributed by atoms with Gasteiger partial charge in [0.05, 0.1) is 30.8 Å². The minimum Gasteiger partial charge on any atom is -0.497 e. The Morgan fingerprint density at radius 3 is 2.64 bits per heavy atom. The molecule has 1 aromatic heterocycles. The number of carbonyl (C=O) groups excluding carboxylic acids is 1. The van der Waals surface area contributed by atoms with E-state index in [1.165, 1.54) is 19.2 Å². The fourth-order valence-electron chi connectivity index (χ4n) is 3.37. The predicted molar refractivity (Wildman–Crippen MR) is 93.0 cm³/mol. The number of ether oxygens (including phenoxy) is 3. The van der Waals surface area contributed by atoms with E-state index in [1.807, 2.05) is 0 Å². The third-order valence-corrected chi connectivity index (χ3v) is 4.69. The first-order chi connectivity index (χ1) is 13.3. The normalized spacial score (nSPS) is 18.2. The molecule has 6 nitrogen and oxygen atoms in total. The second kappa shape index (κ2) is 6.15. The molecule has 1 aliphatic rings. The number of methoxy groups -OCH3 is 2. The minimum atomic E-state index is -4.94. The van der Waals surface area contributed by atoms with E-state index in [0.29, 0.717) is 16.8 Å². The van der Waals surface area contributed by atoms with E-state index in [4.69, 9.17) is 9.47 Å². The first-order valence-electron chi connectivity index (χ1n) is 8.29. The highest BCUT2D eigenvalue weighted by molar-refractivity contribution is 5.84. The van der Waals surface area contributed by atoms with Crippen LogP contribution in [0.15, 0.2) is 42.5 Å². The second-order valence-electron chi connectivity index (χ2n) is 6.26. The zero-order valence-electron chi connectivity index (χ0n) is 14.9. The highest BCUT2D eigenvalue weighted by Gasteiger charge is 2.63. The van der Waals surface area contributed by atoms with Crippen LogP contribution in [0.5, 0.6) is 11.5 Å². The molecule has 0 saturated carbocycles. The predicted octanol–water partition coefficient (Wildman–Crippen LogP) is 3.88. The maximum absolute atomic E-state index is 14.4. The van der Waals surface area contributed by atoms with Crippen molar-refractivity contribution < 1.29 is 32.2 Å². The lowest BCUT2D eigenvalue weighted by Gasteiger charge is -2.40. The van der Waals surface area contributed by atoms with Crippen molar-refractivity contribution >= 4 is 17.0 Å². The topological polar surface area (TPSA) is 62.6 Å². The molecule has 2 heterocycles. The molecule has 0 bridgehead atoms. The van der Waals surface area contributed by atoms with Crippen molar-refractivity contribution in [1.82, 2.24) is 9.55 Å². The van der Waals surface area contributed by atoms with Gasteiger partial charge in [-0.25, -0.2) is 4.98 Å². The smallest absolute Gasteiger partial charge is 0.449 e. The highest BCUT2D eigenvalue weighted by Crippen LogP contribution is 2.51. The number of alkyl halides is 3. The van der Waals surface area contributed by atoms with Gasteiger partial charge in [-0.2, -0.15) is 13.2 Å². The minimum absolute atomic E-state index is 0.0475. The number of benzene rings is 2. The van der Waals surface area contributed by atoms with Crippen LogP contribution in [0.25, 0.3) is 22.4 Å². The summed E-state index contributed by atoms with van der Waals surface area (Å²) < 4.78 is 59.4. The van der Waals surface area contributed by atoms with Gasteiger partial charge in [-0.3, -0.25) is 9.36 Å². The van der Waals surface area contributed by atoms with Gasteiger partial charge in [-0.15, -0.1) is 0 Å². The molecule has 0 amide bonds. The molecule has 28 heavy (non-hydrogen) atoms. The summed E-state index contributed by atoms with van der Waals surface area (Å²) in [5.74, 6) is -0.778. The van der Waals surface area contributed by atoms with E-state index in [9.17, 15) is 18.0 Å². The van der Waals surface area contributed by atoms with E-state index in [2.05, 4.69) is 9.72 Å². The molecule has 0 fully saturated rings. The van der Waals surface area contributed by atoms with Gasteiger partial charge in [0.2, 0.25) is 0 Å². The Hall–Kier alpha value is -3.23. The summed E-state index contributed by atoms with van der Waals surface area (Å²) in [6.07, 6.45) is -6.02. The molecule has 0 radical (unpaired) electrons. The number of esters is 1. The lowest BCUT2D eigenvalue weighted by atomic mass is 10.0. The molecule has 9 heteroatoms. The molecule has 0 spiro atoms. The van der Waals surface area contributed by atoms with Crippen LogP contribution < -0.4 is 9.47 Å². The summed E-state index contributed by atoms with van der Waals surface area (Å²) in [4.78, 5) is 16.4. The van der Waals surface area contributed by atoms with Crippen molar-refractivity contribution in [2.24, 2.45) is 0 Å². The Balaban J connectivity index is 2.09. The molecule has 0 unspecified atom stereocenters. The van der Waals surface area contributed by atoms with Crippen molar-refractivity contribution in [3.05, 3.63) is 42.5 Å². The number of imidazole rings is 1. The quantitative estimate of drug-likeness (QED) is 0.633. The van der Waals surface area contributed by atoms with Gasteiger partial charge in [0.15, 0.2) is 0 Å². The largest absolute Gasteiger partial charge is 0.497 e. The summed E-state index contributed by atoms with van der Waals surface area (Å²) in [7, 11) is 2.42. The lowest BCUT2D eigenvalue weighted by molar-refractivity contribution is -0.288. The standard InChI is InChI=1S/C19H15F3N2O4/c1-26-11-7-8-12-15(9-11)28-18(19(20,21)22,10-16(25)27-2)24-14-6-4-3-5-13(14)23-17(12)24/h3-9H,10H2,1-2H3/t18-/m1/s1. The van der Waals surface area contributed by atoms with Crippen molar-refractivity contribution in [2.45, 2.75) is 18.3 Å². The zero-order chi connectivity index (χ0) is 20.1. The van der Waals surface area contributed by atoms with E-state index in [-0.39, 0.29) is 17.1 Å². The summed E-state index contributed by atoms with van der Waals surface area (Å²) in [6.45, 7) is 0. The maximum Gasteiger partial charge on any atom is 0.449 e. The third-order valence-electron chi connectivity index (χ3n) is 4.69. The monoisotopic (exact) mass is 392 g/mol. The van der Waals surface area contributed by atoms with E-state index < -0.39 is 24.3 Å². The number of carbonyl (C=O) groups is 1. The number of nitrogens with zero attached hydrogens (tertiary/aromatic N) is 2. The Kier molecular flexibility index (Phi) is 3.99. The summed E-state index contributed by atoms with van der Waals surface area (Å²) >= 11 is 0. The second-order valence-corrected chi connectivity index (χ2v) is 6.26. The maximum atomic E-state index is 14.4. The van der Waals surface area contributed by atoms with Crippen LogP contribution in [0.2, 0.25) is 0 Å². The Bertz CT molecular complexity index is 1080. The van der Waals surface area contributed by atoms with Crippen molar-refractivity contribution in [3.63, 3.8) is 0 Å². The SMILES string of the molecule is COC(=O)C[C@]1(C(F)(F)F)Oc2cc(OC)ccc2-c2nc3ccccc3n21. The van der Waals surface area contributed by atoms with Crippen LogP contribution in [-0.2, 0) is 15.3 Å². The molecule has 3 aromatic rings. The van der Waals surface area contributed by atoms with E-state index in [0.717, 1.165) is 11.7 Å². The Labute approximate surface area is 157 Å². The average molecular weight is 392 g/mol. The molecule has 146 valence electrons. The number of halogens is 3. The molecule has 0 N–H and O–H groups in total. The Morgan fingerprint density at radius 1 is 1.21 bits per heavy atom. The number of para-hydroxylation sites is 2. The third kappa shape index (κ3) is 2.49. The van der Waals surface area contributed by atoms with Gasteiger partial charge in [-0.05, 0) is 24.3 Å². The Morgan fingerprint density at radius 2 is 1.96 bits per heavy atom. The summed E-state index contributed by atoms with van der Waals surface area (Å²) in [5.41, 5.74) is -2.10. The number of rotatable bonds is 3. The molecular weight excluding hydrogens is 377 g/mol. The van der Waals surface area contributed by atoms with Crippen LogP contribution in [0.1, 0.15) is 6.42 Å². The summed E-state index contributed by atoms with van der Waals surface area (Å²) in [5, 5.41) is 0. The van der Waals surface area contributed by atoms with Crippen LogP contribution in [0.3, 0.4) is 0 Å². The van der Waals surface area contributed by atoms with Crippen LogP contribution in [-0.4, -0.2) is 35.9 Å². The fourth-order valence-corrected chi connectivity index (χ4v) is 3.37. The van der Waals surface area contributed by atoms with Gasteiger partial charge in [0.25, 0.3) is 5.72 Å². The van der Waals surface area contributed by atoms with E-state index >= 15 is 0 Å². The number of hydrogen-bond acceptors (Lipinski definition) is 5. The first-order valence-corrected chi connectivity index (χ1v) is 8.29. The molecule has 0 aliphatic carbocycles. The number of aromatic nitrogens is 2. The molecule has 2 aromatic carbocycles. The van der Waals surface area contributed by atoms with E-state index in [1.54, 1.807) is 30.3 Å². The molecule has 1 atom stereocenters. The average Bonchev–Trinajstić information content (AvgIpc) is 3.06. The van der Waals surface area contributed by atoms with Crippen LogP contribution in [0, 0.1) is 0 Å². The number of hydrogen-bond donors (Lipinski definition) is 0. The van der Waals surface area contributed by atoms with Gasteiger partial charge < -0.3 is 14.2 Å². The van der Waals surface area contributed by atoms with Gasteiger partial charge in [-0.1, -0.05) is 12.1 Å². The van der Waals surface area contributed by atoms with Gasteiger partial charge in [0, 0.05) is 6.07 Å². The molecular formula is C19H15F3N2O4. The van der Waals surface area contributed by atoms with Gasteiger partial charge >= 0.3 is 12.1 Å². The summed E-state index contributed by atoms with van der Waals surface area (Å²) in [6, 6.07) is 10.9. The van der Waals surface area contributed by atoms with Crippen molar-refractivity contribution in [2.75, 3.05) is 14.2 Å². The van der Waals surface area contributed by atoms with Crippen LogP contribution in [0.4, 0.5) is 13.2 Å². The van der Waals surface area contributed by atoms with Crippen molar-refractivity contribution in [1.29, 1.82) is 0 Å². The zero-order valence-corrected chi connectivity index (χ0v) is 14.9. The molecule has 4 rings (SSSR count). The van der Waals surface area contributed by atoms with Crippen LogP contribution >= 0.6 is 0 Å². The van der Waals surface area contributed by atoms with Gasteiger partial charge in [0.1, 0.15) is 23.7 Å². The first kappa shape index (κ1) is 18.1. The molecule has 0 saturated heterocycles. The fraction of sp³-hybridized carbons (Fsp3) is 0.263. The van der Waals surface area contributed by atoms with Crippen molar-refractivity contribution in [3.8, 4) is 22.9 Å². The number of fused-ring (bicyclic) bond motifs is 5. The highest BCUT2D eigenvalue weighted by atomic mass is 19.4.